The van der Waals surface area contributed by atoms with Gasteiger partial charge in [-0.25, -0.2) is 4.79 Å². The molecule has 2 fully saturated rings. The maximum atomic E-state index is 12.3. The monoisotopic (exact) mass is 414 g/mol. The van der Waals surface area contributed by atoms with Gasteiger partial charge in [-0.1, -0.05) is 24.6 Å². The Morgan fingerprint density at radius 2 is 1.77 bits per heavy atom. The Hall–Kier alpha value is -1.59. The number of aliphatic hydroxyl groups is 1. The molecule has 1 N–H and O–H groups in total. The number of fused-ring (bicyclic) bond motifs is 1. The number of carbonyl (C=O) groups excluding carboxylic acids is 1. The minimum absolute atomic E-state index is 0.273. The summed E-state index contributed by atoms with van der Waals surface area (Å²) in [6.07, 6.45) is 7.97. The number of likely N-dealkylation sites (tertiary alicyclic amines) is 1. The second-order valence-electron chi connectivity index (χ2n) is 10.6. The Morgan fingerprint density at radius 3 is 2.37 bits per heavy atom. The molecule has 5 nitrogen and oxygen atoms in total. The van der Waals surface area contributed by atoms with Crippen LogP contribution in [-0.2, 0) is 24.0 Å². The molecule has 0 radical (unpaired) electrons. The first-order valence-electron chi connectivity index (χ1n) is 11.8. The van der Waals surface area contributed by atoms with E-state index in [0.717, 1.165) is 25.4 Å². The van der Waals surface area contributed by atoms with Gasteiger partial charge in [-0.3, -0.25) is 4.90 Å². The average molecular weight is 415 g/mol. The van der Waals surface area contributed by atoms with Crippen molar-refractivity contribution >= 4 is 6.09 Å². The summed E-state index contributed by atoms with van der Waals surface area (Å²) in [5.41, 5.74) is 2.94. The van der Waals surface area contributed by atoms with Gasteiger partial charge in [0.05, 0.1) is 5.60 Å². The van der Waals surface area contributed by atoms with E-state index in [0.29, 0.717) is 32.4 Å². The van der Waals surface area contributed by atoms with Crippen molar-refractivity contribution in [3.8, 4) is 0 Å². The summed E-state index contributed by atoms with van der Waals surface area (Å²) < 4.78 is 5.48. The van der Waals surface area contributed by atoms with Gasteiger partial charge in [-0.15, -0.1) is 0 Å². The highest BCUT2D eigenvalue weighted by atomic mass is 16.6. The van der Waals surface area contributed by atoms with Crippen molar-refractivity contribution in [1.82, 2.24) is 9.80 Å². The van der Waals surface area contributed by atoms with Crippen LogP contribution in [0.5, 0.6) is 0 Å². The molecule has 1 aliphatic carbocycles. The number of ether oxygens (including phenoxy) is 1. The van der Waals surface area contributed by atoms with Gasteiger partial charge in [0.25, 0.3) is 0 Å². The molecule has 2 aliphatic heterocycles. The third kappa shape index (κ3) is 5.17. The van der Waals surface area contributed by atoms with Gasteiger partial charge in [-0.2, -0.15) is 0 Å². The van der Waals surface area contributed by atoms with Crippen molar-refractivity contribution in [2.24, 2.45) is 0 Å². The maximum Gasteiger partial charge on any atom is 0.410 e. The minimum Gasteiger partial charge on any atom is -0.444 e. The Bertz CT molecular complexity index is 758. The molecule has 166 valence electrons. The third-order valence-corrected chi connectivity index (χ3v) is 7.08. The molecule has 30 heavy (non-hydrogen) atoms. The Balaban J connectivity index is 1.34. The van der Waals surface area contributed by atoms with Crippen LogP contribution in [0.4, 0.5) is 4.79 Å². The summed E-state index contributed by atoms with van der Waals surface area (Å²) >= 11 is 0. The van der Waals surface area contributed by atoms with Crippen molar-refractivity contribution in [3.63, 3.8) is 0 Å². The maximum absolute atomic E-state index is 12.3. The number of nitrogens with zero attached hydrogens (tertiary/aromatic N) is 2. The molecule has 1 aromatic rings. The summed E-state index contributed by atoms with van der Waals surface area (Å²) in [6, 6.07) is 7.64. The molecule has 0 aromatic heterocycles. The zero-order chi connectivity index (χ0) is 21.4. The molecule has 4 rings (SSSR count). The van der Waals surface area contributed by atoms with E-state index < -0.39 is 11.2 Å². The van der Waals surface area contributed by atoms with Crippen molar-refractivity contribution in [3.05, 3.63) is 34.9 Å². The second-order valence-corrected chi connectivity index (χ2v) is 10.6. The largest absolute Gasteiger partial charge is 0.444 e. The molecular formula is C25H38N2O3. The van der Waals surface area contributed by atoms with E-state index in [-0.39, 0.29) is 6.09 Å². The predicted molar refractivity (Wildman–Crippen MR) is 119 cm³/mol. The van der Waals surface area contributed by atoms with Crippen molar-refractivity contribution in [1.29, 1.82) is 0 Å². The lowest BCUT2D eigenvalue weighted by molar-refractivity contribution is -0.0315. The molecular weight excluding hydrogens is 376 g/mol. The van der Waals surface area contributed by atoms with Gasteiger partial charge in [0, 0.05) is 38.6 Å². The number of benzene rings is 1. The van der Waals surface area contributed by atoms with E-state index in [1.54, 1.807) is 4.90 Å². The van der Waals surface area contributed by atoms with Crippen molar-refractivity contribution in [2.75, 3.05) is 26.2 Å². The van der Waals surface area contributed by atoms with Crippen LogP contribution in [0.2, 0.25) is 0 Å². The van der Waals surface area contributed by atoms with Gasteiger partial charge >= 0.3 is 6.09 Å². The summed E-state index contributed by atoms with van der Waals surface area (Å²) in [4.78, 5) is 16.7. The number of rotatable bonds is 3. The first kappa shape index (κ1) is 21.6. The summed E-state index contributed by atoms with van der Waals surface area (Å²) in [6.45, 7) is 9.09. The van der Waals surface area contributed by atoms with E-state index >= 15 is 0 Å². The lowest BCUT2D eigenvalue weighted by Gasteiger charge is -2.38. The molecule has 1 saturated heterocycles. The fourth-order valence-electron chi connectivity index (χ4n) is 5.01. The zero-order valence-corrected chi connectivity index (χ0v) is 19.0. The van der Waals surface area contributed by atoms with Crippen molar-refractivity contribution < 1.29 is 14.6 Å². The van der Waals surface area contributed by atoms with Gasteiger partial charge in [-0.05, 0) is 76.0 Å². The minimum atomic E-state index is -0.741. The third-order valence-electron chi connectivity index (χ3n) is 7.08. The summed E-state index contributed by atoms with van der Waals surface area (Å²) in [7, 11) is 0. The van der Waals surface area contributed by atoms with Crippen LogP contribution >= 0.6 is 0 Å². The fraction of sp³-hybridized carbons (Fsp3) is 0.720. The first-order chi connectivity index (χ1) is 14.2. The summed E-state index contributed by atoms with van der Waals surface area (Å²) in [5, 5.41) is 11.2. The molecule has 3 aliphatic rings. The highest BCUT2D eigenvalue weighted by Gasteiger charge is 2.35. The number of hydrogen-bond donors (Lipinski definition) is 1. The number of piperidine rings is 1. The summed E-state index contributed by atoms with van der Waals surface area (Å²) in [5.74, 6) is 0. The molecule has 1 aromatic carbocycles. The molecule has 5 heteroatoms. The molecule has 2 heterocycles. The quantitative estimate of drug-likeness (QED) is 0.814. The van der Waals surface area contributed by atoms with Gasteiger partial charge in [0.2, 0.25) is 0 Å². The number of carbonyl (C=O) groups is 1. The second kappa shape index (κ2) is 8.51. The van der Waals surface area contributed by atoms with Gasteiger partial charge in [0.15, 0.2) is 0 Å². The normalized spacial score (nSPS) is 22.7. The van der Waals surface area contributed by atoms with E-state index in [2.05, 4.69) is 23.1 Å². The fourth-order valence-corrected chi connectivity index (χ4v) is 5.01. The van der Waals surface area contributed by atoms with Crippen LogP contribution in [0.3, 0.4) is 0 Å². The smallest absolute Gasteiger partial charge is 0.410 e. The van der Waals surface area contributed by atoms with Crippen LogP contribution in [0, 0.1) is 0 Å². The standard InChI is InChI=1S/C25H38N2O3/c1-24(2,3)30-23(28)27-15-11-25(29,12-16-27)18-19-7-8-20-9-13-26(22-5-4-6-22)14-10-21(20)17-19/h7-8,17,22,29H,4-6,9-16,18H2,1-3H3. The van der Waals surface area contributed by atoms with Gasteiger partial charge < -0.3 is 14.7 Å². The molecule has 0 bridgehead atoms. The highest BCUT2D eigenvalue weighted by molar-refractivity contribution is 5.68. The van der Waals surface area contributed by atoms with Crippen LogP contribution in [-0.4, -0.2) is 64.4 Å². The van der Waals surface area contributed by atoms with Crippen LogP contribution in [0.25, 0.3) is 0 Å². The number of hydrogen-bond acceptors (Lipinski definition) is 4. The van der Waals surface area contributed by atoms with Gasteiger partial charge in [0.1, 0.15) is 5.60 Å². The van der Waals surface area contributed by atoms with Crippen molar-refractivity contribution in [2.45, 2.75) is 89.4 Å². The van der Waals surface area contributed by atoms with E-state index in [1.807, 2.05) is 20.8 Å². The zero-order valence-electron chi connectivity index (χ0n) is 19.0. The first-order valence-corrected chi connectivity index (χ1v) is 11.8. The molecule has 0 spiro atoms. The van der Waals surface area contributed by atoms with Crippen LogP contribution in [0.1, 0.15) is 69.6 Å². The Labute approximate surface area is 181 Å². The van der Waals surface area contributed by atoms with E-state index in [1.165, 1.54) is 42.5 Å². The lowest BCUT2D eigenvalue weighted by atomic mass is 9.84. The molecule has 0 unspecified atom stereocenters. The topological polar surface area (TPSA) is 53.0 Å². The lowest BCUT2D eigenvalue weighted by Crippen LogP contribution is -2.49. The molecule has 0 atom stereocenters. The van der Waals surface area contributed by atoms with Crippen LogP contribution in [0.15, 0.2) is 18.2 Å². The van der Waals surface area contributed by atoms with E-state index in [4.69, 9.17) is 4.74 Å². The molecule has 1 amide bonds. The predicted octanol–water partition coefficient (Wildman–Crippen LogP) is 3.94. The van der Waals surface area contributed by atoms with Crippen LogP contribution < -0.4 is 0 Å². The SMILES string of the molecule is CC(C)(C)OC(=O)N1CCC(O)(Cc2ccc3c(c2)CCN(C2CCC2)CC3)CC1. The Kier molecular flexibility index (Phi) is 6.13. The molecule has 1 saturated carbocycles. The van der Waals surface area contributed by atoms with E-state index in [9.17, 15) is 9.90 Å². The average Bonchev–Trinajstić information content (AvgIpc) is 2.82. The Morgan fingerprint density at radius 1 is 1.10 bits per heavy atom. The number of amides is 1. The highest BCUT2D eigenvalue weighted by Crippen LogP contribution is 2.30.